The summed E-state index contributed by atoms with van der Waals surface area (Å²) in [7, 11) is 1.59. The van der Waals surface area contributed by atoms with Gasteiger partial charge in [0.1, 0.15) is 11.5 Å². The van der Waals surface area contributed by atoms with Gasteiger partial charge in [0.15, 0.2) is 5.65 Å². The molecule has 0 spiro atoms. The van der Waals surface area contributed by atoms with E-state index in [-0.39, 0.29) is 23.3 Å². The maximum Gasteiger partial charge on any atom is 0.278 e. The molecular formula is C24H20FN5O2. The van der Waals surface area contributed by atoms with Gasteiger partial charge in [0, 0.05) is 36.6 Å². The summed E-state index contributed by atoms with van der Waals surface area (Å²) in [6.45, 7) is 0.551. The van der Waals surface area contributed by atoms with Crippen LogP contribution in [0.15, 0.2) is 61.1 Å². The number of imidazole rings is 1. The fourth-order valence-electron chi connectivity index (χ4n) is 4.06. The van der Waals surface area contributed by atoms with E-state index in [1.807, 2.05) is 16.5 Å². The number of aromatic nitrogens is 3. The molecule has 0 aliphatic carbocycles. The molecule has 2 aromatic heterocycles. The van der Waals surface area contributed by atoms with Gasteiger partial charge < -0.3 is 10.2 Å². The predicted molar refractivity (Wildman–Crippen MR) is 118 cm³/mol. The number of halogens is 1. The van der Waals surface area contributed by atoms with Crippen LogP contribution in [0.5, 0.6) is 0 Å². The van der Waals surface area contributed by atoms with Gasteiger partial charge >= 0.3 is 0 Å². The summed E-state index contributed by atoms with van der Waals surface area (Å²) in [5.74, 6) is -0.703. The van der Waals surface area contributed by atoms with Crippen molar-refractivity contribution in [2.75, 3.05) is 18.5 Å². The fraction of sp³-hybridized carbons (Fsp3) is 0.167. The number of carbonyl (C=O) groups is 2. The van der Waals surface area contributed by atoms with Gasteiger partial charge in [-0.15, -0.1) is 0 Å². The Morgan fingerprint density at radius 1 is 1.06 bits per heavy atom. The van der Waals surface area contributed by atoms with Gasteiger partial charge in [0.05, 0.1) is 18.1 Å². The van der Waals surface area contributed by atoms with Crippen LogP contribution in [0.3, 0.4) is 0 Å². The molecule has 2 amide bonds. The van der Waals surface area contributed by atoms with Crippen molar-refractivity contribution in [3.8, 4) is 11.3 Å². The number of hydrogen-bond donors (Lipinski definition) is 1. The zero-order valence-electron chi connectivity index (χ0n) is 17.4. The molecule has 0 saturated heterocycles. The molecule has 8 heteroatoms. The Morgan fingerprint density at radius 2 is 1.88 bits per heavy atom. The highest BCUT2D eigenvalue weighted by molar-refractivity contribution is 6.05. The van der Waals surface area contributed by atoms with Crippen molar-refractivity contribution in [2.45, 2.75) is 12.8 Å². The van der Waals surface area contributed by atoms with Crippen LogP contribution >= 0.6 is 0 Å². The molecule has 160 valence electrons. The molecule has 0 unspecified atom stereocenters. The van der Waals surface area contributed by atoms with Crippen molar-refractivity contribution in [2.24, 2.45) is 0 Å². The van der Waals surface area contributed by atoms with Crippen molar-refractivity contribution in [3.05, 3.63) is 83.7 Å². The molecule has 3 heterocycles. The summed E-state index contributed by atoms with van der Waals surface area (Å²) < 4.78 is 15.4. The normalized spacial score (nSPS) is 13.1. The smallest absolute Gasteiger partial charge is 0.278 e. The summed E-state index contributed by atoms with van der Waals surface area (Å²) >= 11 is 0. The average Bonchev–Trinajstić information content (AvgIpc) is 3.26. The molecule has 0 fully saturated rings. The van der Waals surface area contributed by atoms with Gasteiger partial charge in [-0.2, -0.15) is 0 Å². The molecule has 0 radical (unpaired) electrons. The number of fused-ring (bicyclic) bond motifs is 2. The van der Waals surface area contributed by atoms with Gasteiger partial charge in [-0.25, -0.2) is 14.4 Å². The standard InChI is InChI=1S/C24H20FN5O2/c1-26-23(31)16-6-4-15(5-7-16)21-12-28-22-13-27-19(14-30(21)22)24(32)29-10-2-3-17-11-18(25)8-9-20(17)29/h4-9,11-14H,2-3,10H2,1H3,(H,26,31). The highest BCUT2D eigenvalue weighted by Gasteiger charge is 2.25. The van der Waals surface area contributed by atoms with Crippen molar-refractivity contribution in [1.29, 1.82) is 0 Å². The van der Waals surface area contributed by atoms with E-state index in [9.17, 15) is 14.0 Å². The van der Waals surface area contributed by atoms with Gasteiger partial charge in [0.2, 0.25) is 0 Å². The number of aryl methyl sites for hydroxylation is 1. The maximum absolute atomic E-state index is 13.6. The Morgan fingerprint density at radius 3 is 2.66 bits per heavy atom. The lowest BCUT2D eigenvalue weighted by molar-refractivity contribution is 0.0960. The third kappa shape index (κ3) is 3.39. The SMILES string of the molecule is CNC(=O)c1ccc(-c2cnc3cnc(C(=O)N4CCCc5cc(F)ccc54)cn23)cc1. The van der Waals surface area contributed by atoms with Crippen molar-refractivity contribution >= 4 is 23.1 Å². The van der Waals surface area contributed by atoms with Gasteiger partial charge in [-0.3, -0.25) is 14.0 Å². The summed E-state index contributed by atoms with van der Waals surface area (Å²) in [5, 5.41) is 2.60. The Labute approximate surface area is 183 Å². The minimum atomic E-state index is -0.303. The lowest BCUT2D eigenvalue weighted by Crippen LogP contribution is -2.36. The van der Waals surface area contributed by atoms with Crippen molar-refractivity contribution in [1.82, 2.24) is 19.7 Å². The molecule has 1 aliphatic heterocycles. The first-order chi connectivity index (χ1) is 15.5. The van der Waals surface area contributed by atoms with Crippen molar-refractivity contribution in [3.63, 3.8) is 0 Å². The summed E-state index contributed by atoms with van der Waals surface area (Å²) in [6.07, 6.45) is 6.44. The second-order valence-corrected chi connectivity index (χ2v) is 7.63. The summed E-state index contributed by atoms with van der Waals surface area (Å²) in [4.78, 5) is 35.5. The Bertz CT molecular complexity index is 1350. The Balaban J connectivity index is 1.51. The highest BCUT2D eigenvalue weighted by atomic mass is 19.1. The van der Waals surface area contributed by atoms with Crippen LogP contribution in [0, 0.1) is 5.82 Å². The molecule has 2 aromatic carbocycles. The van der Waals surface area contributed by atoms with Crippen LogP contribution in [0.1, 0.15) is 32.8 Å². The quantitative estimate of drug-likeness (QED) is 0.541. The number of carbonyl (C=O) groups excluding carboxylic acids is 2. The largest absolute Gasteiger partial charge is 0.355 e. The third-order valence-corrected chi connectivity index (χ3v) is 5.69. The number of amides is 2. The number of nitrogens with one attached hydrogen (secondary N) is 1. The molecule has 0 saturated carbocycles. The minimum Gasteiger partial charge on any atom is -0.355 e. The van der Waals surface area contributed by atoms with Crippen LogP contribution in [0.25, 0.3) is 16.9 Å². The topological polar surface area (TPSA) is 79.6 Å². The highest BCUT2D eigenvalue weighted by Crippen LogP contribution is 2.29. The molecule has 4 aromatic rings. The Hall–Kier alpha value is -4.07. The summed E-state index contributed by atoms with van der Waals surface area (Å²) in [6, 6.07) is 11.7. The van der Waals surface area contributed by atoms with Gasteiger partial charge in [-0.05, 0) is 48.7 Å². The monoisotopic (exact) mass is 429 g/mol. The number of hydrogen-bond acceptors (Lipinski definition) is 4. The first-order valence-corrected chi connectivity index (χ1v) is 10.3. The zero-order valence-corrected chi connectivity index (χ0v) is 17.4. The first-order valence-electron chi connectivity index (χ1n) is 10.3. The molecular weight excluding hydrogens is 409 g/mol. The second kappa shape index (κ2) is 7.88. The molecule has 0 bridgehead atoms. The van der Waals surface area contributed by atoms with E-state index in [0.29, 0.717) is 17.8 Å². The van der Waals surface area contributed by atoms with E-state index in [4.69, 9.17) is 0 Å². The van der Waals surface area contributed by atoms with E-state index in [1.54, 1.807) is 48.7 Å². The van der Waals surface area contributed by atoms with Crippen molar-refractivity contribution < 1.29 is 14.0 Å². The second-order valence-electron chi connectivity index (χ2n) is 7.63. The lowest BCUT2D eigenvalue weighted by atomic mass is 10.0. The number of anilines is 1. The molecule has 0 atom stereocenters. The third-order valence-electron chi connectivity index (χ3n) is 5.69. The molecule has 32 heavy (non-hydrogen) atoms. The van der Waals surface area contributed by atoms with E-state index < -0.39 is 0 Å². The van der Waals surface area contributed by atoms with Gasteiger partial charge in [0.25, 0.3) is 11.8 Å². The van der Waals surface area contributed by atoms with Crippen LogP contribution in [-0.2, 0) is 6.42 Å². The van der Waals surface area contributed by atoms with E-state index in [0.717, 1.165) is 35.3 Å². The van der Waals surface area contributed by atoms with Crippen LogP contribution in [-0.4, -0.2) is 39.8 Å². The predicted octanol–water partition coefficient (Wildman–Crippen LogP) is 3.49. The Kier molecular flexibility index (Phi) is 4.89. The van der Waals surface area contributed by atoms with Crippen LogP contribution in [0.4, 0.5) is 10.1 Å². The number of rotatable bonds is 3. The summed E-state index contributed by atoms with van der Waals surface area (Å²) in [5.41, 5.74) is 4.62. The number of nitrogens with zero attached hydrogens (tertiary/aromatic N) is 4. The van der Waals surface area contributed by atoms with E-state index in [2.05, 4.69) is 15.3 Å². The fourth-order valence-corrected chi connectivity index (χ4v) is 4.06. The van der Waals surface area contributed by atoms with E-state index in [1.165, 1.54) is 12.1 Å². The minimum absolute atomic E-state index is 0.159. The first kappa shape index (κ1) is 19.9. The molecule has 1 N–H and O–H groups in total. The zero-order chi connectivity index (χ0) is 22.2. The lowest BCUT2D eigenvalue weighted by Gasteiger charge is -2.29. The molecule has 7 nitrogen and oxygen atoms in total. The van der Waals surface area contributed by atoms with E-state index >= 15 is 0 Å². The van der Waals surface area contributed by atoms with Crippen LogP contribution in [0.2, 0.25) is 0 Å². The number of benzene rings is 2. The average molecular weight is 429 g/mol. The molecule has 1 aliphatic rings. The van der Waals surface area contributed by atoms with Crippen LogP contribution < -0.4 is 10.2 Å². The van der Waals surface area contributed by atoms with Gasteiger partial charge in [-0.1, -0.05) is 12.1 Å². The molecule has 5 rings (SSSR count). The maximum atomic E-state index is 13.6.